The summed E-state index contributed by atoms with van der Waals surface area (Å²) in [7, 11) is -0.904. The lowest BCUT2D eigenvalue weighted by Gasteiger charge is -2.38. The van der Waals surface area contributed by atoms with Crippen LogP contribution in [0.2, 0.25) is 0 Å². The average Bonchev–Trinajstić information content (AvgIpc) is 3.17. The van der Waals surface area contributed by atoms with Crippen LogP contribution in [0.1, 0.15) is 27.7 Å². The van der Waals surface area contributed by atoms with Crippen molar-refractivity contribution in [3.8, 4) is 5.88 Å². The van der Waals surface area contributed by atoms with Crippen molar-refractivity contribution in [2.45, 2.75) is 51.3 Å². The lowest BCUT2D eigenvalue weighted by Crippen LogP contribution is -2.55. The van der Waals surface area contributed by atoms with Crippen LogP contribution in [-0.2, 0) is 21.3 Å². The first-order valence-electron chi connectivity index (χ1n) is 10.4. The van der Waals surface area contributed by atoms with E-state index in [1.54, 1.807) is 18.1 Å². The predicted molar refractivity (Wildman–Crippen MR) is 117 cm³/mol. The van der Waals surface area contributed by atoms with Gasteiger partial charge in [-0.25, -0.2) is 33.0 Å². The molecule has 0 radical (unpaired) electrons. The molecule has 13 heteroatoms. The van der Waals surface area contributed by atoms with Gasteiger partial charge >= 0.3 is 6.03 Å². The van der Waals surface area contributed by atoms with Gasteiger partial charge in [-0.2, -0.15) is 5.10 Å². The van der Waals surface area contributed by atoms with Gasteiger partial charge in [-0.3, -0.25) is 5.01 Å². The molecule has 2 aliphatic rings. The van der Waals surface area contributed by atoms with Crippen LogP contribution in [0.15, 0.2) is 27.9 Å². The Morgan fingerprint density at radius 2 is 2.03 bits per heavy atom. The van der Waals surface area contributed by atoms with Crippen molar-refractivity contribution in [1.82, 2.24) is 30.3 Å². The van der Waals surface area contributed by atoms with E-state index >= 15 is 0 Å². The van der Waals surface area contributed by atoms with Crippen LogP contribution in [0.25, 0.3) is 0 Å². The van der Waals surface area contributed by atoms with Crippen molar-refractivity contribution in [2.75, 3.05) is 20.8 Å². The van der Waals surface area contributed by atoms with Crippen LogP contribution in [-0.4, -0.2) is 68.1 Å². The van der Waals surface area contributed by atoms with Crippen LogP contribution in [0.4, 0.5) is 4.79 Å². The molecule has 0 aromatic carbocycles. The highest BCUT2D eigenvalue weighted by molar-refractivity contribution is 7.90. The molecule has 0 fully saturated rings. The minimum Gasteiger partial charge on any atom is -0.481 e. The Bertz CT molecular complexity index is 1020. The van der Waals surface area contributed by atoms with Gasteiger partial charge in [-0.05, 0) is 18.9 Å². The number of hydrazine groups is 1. The quantitative estimate of drug-likeness (QED) is 0.552. The second-order valence-electron chi connectivity index (χ2n) is 8.26. The molecule has 3 rings (SSSR count). The van der Waals surface area contributed by atoms with Crippen LogP contribution < -0.4 is 20.2 Å². The molecule has 3 N–H and O–H groups in total. The number of nitrogens with zero attached hydrogens (tertiary/aromatic N) is 4. The van der Waals surface area contributed by atoms with Crippen molar-refractivity contribution in [3.63, 3.8) is 0 Å². The number of carbonyl (C=O) groups is 1. The maximum Gasteiger partial charge on any atom is 0.347 e. The van der Waals surface area contributed by atoms with Gasteiger partial charge in [-0.15, -0.1) is 0 Å². The molecule has 3 heterocycles. The largest absolute Gasteiger partial charge is 0.481 e. The summed E-state index contributed by atoms with van der Waals surface area (Å²) in [6.45, 7) is 8.56. The highest BCUT2D eigenvalue weighted by Gasteiger charge is 2.34. The van der Waals surface area contributed by atoms with Crippen molar-refractivity contribution in [1.29, 1.82) is 0 Å². The van der Waals surface area contributed by atoms with E-state index in [1.807, 2.05) is 27.7 Å². The third-order valence-electron chi connectivity index (χ3n) is 5.19. The molecule has 0 spiro atoms. The minimum absolute atomic E-state index is 0.00993. The number of aromatic nitrogens is 2. The molecule has 32 heavy (non-hydrogen) atoms. The number of amides is 2. The summed E-state index contributed by atoms with van der Waals surface area (Å²) < 4.78 is 40.2. The number of methoxy groups -OCH3 is 1. The summed E-state index contributed by atoms with van der Waals surface area (Å²) in [4.78, 5) is 17.1. The molecule has 2 atom stereocenters. The van der Waals surface area contributed by atoms with Gasteiger partial charge in [0.05, 0.1) is 25.9 Å². The zero-order chi connectivity index (χ0) is 23.6. The first-order chi connectivity index (χ1) is 15.1. The maximum atomic E-state index is 12.9. The number of sulfonamides is 1. The highest BCUT2D eigenvalue weighted by atomic mass is 32.2. The van der Waals surface area contributed by atoms with Gasteiger partial charge in [0.2, 0.25) is 11.8 Å². The number of nitrogens with one attached hydrogen (secondary N) is 3. The first kappa shape index (κ1) is 23.9. The molecule has 0 saturated carbocycles. The lowest BCUT2D eigenvalue weighted by atomic mass is 10.0. The second-order valence-corrected chi connectivity index (χ2v) is 9.91. The Labute approximate surface area is 188 Å². The van der Waals surface area contributed by atoms with E-state index in [2.05, 4.69) is 25.6 Å². The fraction of sp³-hybridized carbons (Fsp3) is 0.632. The van der Waals surface area contributed by atoms with E-state index in [-0.39, 0.29) is 28.7 Å². The number of ether oxygens (including phenoxy) is 2. The molecular weight excluding hydrogens is 438 g/mol. The number of hydrogen-bond acceptors (Lipinski definition) is 9. The maximum absolute atomic E-state index is 12.9. The third kappa shape index (κ3) is 4.83. The number of carbonyl (C=O) groups excluding carboxylic acids is 1. The summed E-state index contributed by atoms with van der Waals surface area (Å²) in [6.07, 6.45) is 2.43. The molecule has 2 aliphatic heterocycles. The standard InChI is InChI=1S/C19H31N7O5S/c1-11(2)14-7-16(30-6)22-17(12(3)4)26(14)23-19(27)24-32(28,29)15-8-21-25-9-13(20-5)10-31-18(15)25/h7-8,11-13,17,20H,9-10H2,1-6H3,(H2,23,24,27)/t13-,17?/m0/s1. The van der Waals surface area contributed by atoms with Crippen LogP contribution >= 0.6 is 0 Å². The normalized spacial score (nSPS) is 20.9. The Hall–Kier alpha value is -2.80. The van der Waals surface area contributed by atoms with Crippen molar-refractivity contribution in [2.24, 2.45) is 16.8 Å². The third-order valence-corrected chi connectivity index (χ3v) is 6.50. The molecule has 1 aromatic heterocycles. The molecule has 0 saturated heterocycles. The van der Waals surface area contributed by atoms with Crippen LogP contribution in [0.3, 0.4) is 0 Å². The van der Waals surface area contributed by atoms with Gasteiger partial charge < -0.3 is 14.8 Å². The highest BCUT2D eigenvalue weighted by Crippen LogP contribution is 2.27. The zero-order valence-electron chi connectivity index (χ0n) is 19.1. The topological polar surface area (TPSA) is 139 Å². The van der Waals surface area contributed by atoms with Gasteiger partial charge in [-0.1, -0.05) is 27.7 Å². The molecule has 2 amide bonds. The fourth-order valence-corrected chi connectivity index (χ4v) is 4.43. The van der Waals surface area contributed by atoms with E-state index in [0.29, 0.717) is 19.0 Å². The average molecular weight is 470 g/mol. The monoisotopic (exact) mass is 469 g/mol. The Kier molecular flexibility index (Phi) is 6.98. The summed E-state index contributed by atoms with van der Waals surface area (Å²) in [5.74, 6) is 0.578. The Morgan fingerprint density at radius 3 is 2.62 bits per heavy atom. The number of aliphatic imine (C=N–C) groups is 1. The number of allylic oxidation sites excluding steroid dienone is 1. The summed E-state index contributed by atoms with van der Waals surface area (Å²) in [5.41, 5.74) is 3.38. The van der Waals surface area contributed by atoms with E-state index in [9.17, 15) is 13.2 Å². The van der Waals surface area contributed by atoms with E-state index in [4.69, 9.17) is 9.47 Å². The van der Waals surface area contributed by atoms with Crippen molar-refractivity contribution < 1.29 is 22.7 Å². The zero-order valence-corrected chi connectivity index (χ0v) is 19.9. The van der Waals surface area contributed by atoms with E-state index in [1.165, 1.54) is 18.0 Å². The molecule has 12 nitrogen and oxygen atoms in total. The number of urea groups is 1. The molecule has 1 aromatic rings. The number of likely N-dealkylation sites (N-methyl/N-ethyl adjacent to an activating group) is 1. The molecule has 0 bridgehead atoms. The second kappa shape index (κ2) is 9.36. The van der Waals surface area contributed by atoms with Crippen LogP contribution in [0.5, 0.6) is 5.88 Å². The Balaban J connectivity index is 1.79. The number of hydrogen-bond donors (Lipinski definition) is 3. The van der Waals surface area contributed by atoms with Gasteiger partial charge in [0.25, 0.3) is 10.0 Å². The summed E-state index contributed by atoms with van der Waals surface area (Å²) in [6, 6.07) is -0.901. The lowest BCUT2D eigenvalue weighted by molar-refractivity contribution is 0.129. The van der Waals surface area contributed by atoms with Crippen molar-refractivity contribution >= 4 is 22.0 Å². The van der Waals surface area contributed by atoms with Gasteiger partial charge in [0.1, 0.15) is 12.8 Å². The minimum atomic E-state index is -4.22. The molecule has 178 valence electrons. The van der Waals surface area contributed by atoms with E-state index in [0.717, 1.165) is 5.70 Å². The summed E-state index contributed by atoms with van der Waals surface area (Å²) in [5, 5.41) is 8.71. The predicted octanol–water partition coefficient (Wildman–Crippen LogP) is 0.649. The van der Waals surface area contributed by atoms with Crippen LogP contribution in [0, 0.1) is 11.8 Å². The number of rotatable bonds is 6. The molecular formula is C19H31N7O5S. The number of fused-ring (bicyclic) bond motifs is 1. The Morgan fingerprint density at radius 1 is 1.31 bits per heavy atom. The first-order valence-corrected chi connectivity index (χ1v) is 11.9. The van der Waals surface area contributed by atoms with Crippen molar-refractivity contribution in [3.05, 3.63) is 18.0 Å². The summed E-state index contributed by atoms with van der Waals surface area (Å²) >= 11 is 0. The molecule has 0 aliphatic carbocycles. The fourth-order valence-electron chi connectivity index (χ4n) is 3.45. The SMILES string of the molecule is CN[C@@H]1COc2c(S(=O)(=O)NC(=O)NN3C(C(C)C)=CC(OC)=NC3C(C)C)cnn2C1. The van der Waals surface area contributed by atoms with E-state index < -0.39 is 22.2 Å². The van der Waals surface area contributed by atoms with Gasteiger partial charge in [0, 0.05) is 11.8 Å². The molecule has 1 unspecified atom stereocenters. The van der Waals surface area contributed by atoms with Gasteiger partial charge in [0.15, 0.2) is 4.90 Å². The smallest absolute Gasteiger partial charge is 0.347 e.